The Kier molecular flexibility index (Phi) is 4.89. The minimum absolute atomic E-state index is 0.0652. The van der Waals surface area contributed by atoms with E-state index in [1.54, 1.807) is 6.07 Å². The third-order valence-electron chi connectivity index (χ3n) is 5.77. The van der Waals surface area contributed by atoms with Crippen LogP contribution in [0.4, 0.5) is 10.2 Å². The van der Waals surface area contributed by atoms with Gasteiger partial charge in [-0.1, -0.05) is 36.4 Å². The van der Waals surface area contributed by atoms with Gasteiger partial charge >= 0.3 is 0 Å². The molecule has 7 heteroatoms. The number of hydrogen-bond acceptors (Lipinski definition) is 4. The van der Waals surface area contributed by atoms with Crippen LogP contribution in [0.15, 0.2) is 60.8 Å². The van der Waals surface area contributed by atoms with Crippen molar-refractivity contribution in [3.05, 3.63) is 88.6 Å². The minimum Gasteiger partial charge on any atom is -0.361 e. The number of anilines is 1. The number of rotatable bonds is 4. The van der Waals surface area contributed by atoms with E-state index in [0.717, 1.165) is 29.6 Å². The zero-order chi connectivity index (χ0) is 20.7. The molecule has 0 unspecified atom stereocenters. The van der Waals surface area contributed by atoms with Crippen molar-refractivity contribution in [2.24, 2.45) is 0 Å². The van der Waals surface area contributed by atoms with E-state index < -0.39 is 0 Å². The number of fused-ring (bicyclic) bond motifs is 2. The molecular formula is C23H21ClFN5. The van der Waals surface area contributed by atoms with Crippen LogP contribution in [-0.4, -0.2) is 26.4 Å². The molecule has 0 radical (unpaired) electrons. The Morgan fingerprint density at radius 3 is 2.80 bits per heavy atom. The van der Waals surface area contributed by atoms with Crippen molar-refractivity contribution in [2.45, 2.75) is 25.6 Å². The largest absolute Gasteiger partial charge is 0.361 e. The topological polar surface area (TPSA) is 56.8 Å². The van der Waals surface area contributed by atoms with E-state index in [1.165, 1.54) is 11.6 Å². The molecule has 4 aromatic rings. The third-order valence-corrected chi connectivity index (χ3v) is 5.94. The highest BCUT2D eigenvalue weighted by atomic mass is 35.5. The molecule has 2 atom stereocenters. The van der Waals surface area contributed by atoms with Crippen molar-refractivity contribution in [1.82, 2.24) is 19.9 Å². The molecule has 0 saturated carbocycles. The van der Waals surface area contributed by atoms with E-state index in [9.17, 15) is 4.39 Å². The summed E-state index contributed by atoms with van der Waals surface area (Å²) in [6.07, 6.45) is 1.81. The number of aromatic nitrogens is 3. The fraction of sp³-hybridized carbons (Fsp3) is 0.217. The summed E-state index contributed by atoms with van der Waals surface area (Å²) in [5.41, 5.74) is 3.97. The average Bonchev–Trinajstić information content (AvgIpc) is 3.21. The van der Waals surface area contributed by atoms with E-state index in [4.69, 9.17) is 11.6 Å². The Morgan fingerprint density at radius 2 is 1.97 bits per heavy atom. The summed E-state index contributed by atoms with van der Waals surface area (Å²) in [6, 6.07) is 17.3. The molecule has 152 valence electrons. The highest BCUT2D eigenvalue weighted by Crippen LogP contribution is 2.38. The lowest BCUT2D eigenvalue weighted by Gasteiger charge is -2.40. The van der Waals surface area contributed by atoms with Crippen molar-refractivity contribution < 1.29 is 4.39 Å². The highest BCUT2D eigenvalue weighted by molar-refractivity contribution is 6.28. The number of halogens is 2. The molecule has 2 aromatic heterocycles. The summed E-state index contributed by atoms with van der Waals surface area (Å²) in [7, 11) is 0. The zero-order valence-electron chi connectivity index (χ0n) is 16.4. The number of benzene rings is 2. The van der Waals surface area contributed by atoms with Gasteiger partial charge in [-0.2, -0.15) is 4.98 Å². The van der Waals surface area contributed by atoms with Crippen molar-refractivity contribution in [2.75, 3.05) is 11.9 Å². The molecule has 30 heavy (non-hydrogen) atoms. The van der Waals surface area contributed by atoms with Crippen LogP contribution in [0.25, 0.3) is 11.0 Å². The first kappa shape index (κ1) is 19.0. The van der Waals surface area contributed by atoms with Crippen LogP contribution in [0.1, 0.15) is 35.7 Å². The Bertz CT molecular complexity index is 1190. The standard InChI is InChI=1S/C23H21ClFN5/c1-14-19-11-16(25)7-8-17(19)20(13-30(14)12-15-5-3-2-4-6-15)27-22-18-9-10-26-21(18)28-23(24)29-22/h2-11,14,20H,12-13H2,1H3,(H2,26,27,28,29)/t14-,20-/m0/s1. The number of H-pyrrole nitrogens is 1. The predicted molar refractivity (Wildman–Crippen MR) is 117 cm³/mol. The number of nitrogens with zero attached hydrogens (tertiary/aromatic N) is 3. The van der Waals surface area contributed by atoms with Gasteiger partial charge in [-0.15, -0.1) is 0 Å². The van der Waals surface area contributed by atoms with Gasteiger partial charge in [0.2, 0.25) is 5.28 Å². The molecule has 2 N–H and O–H groups in total. The normalized spacial score (nSPS) is 19.0. The minimum atomic E-state index is -0.223. The maximum absolute atomic E-state index is 14.1. The second-order valence-electron chi connectivity index (χ2n) is 7.64. The molecule has 0 saturated heterocycles. The second kappa shape index (κ2) is 7.70. The first-order valence-electron chi connectivity index (χ1n) is 9.93. The van der Waals surface area contributed by atoms with Gasteiger partial charge in [-0.25, -0.2) is 9.37 Å². The van der Waals surface area contributed by atoms with Crippen LogP contribution in [0.5, 0.6) is 0 Å². The van der Waals surface area contributed by atoms with E-state index in [2.05, 4.69) is 44.2 Å². The highest BCUT2D eigenvalue weighted by Gasteiger charge is 2.31. The maximum atomic E-state index is 14.1. The monoisotopic (exact) mass is 421 g/mol. The number of hydrogen-bond donors (Lipinski definition) is 2. The second-order valence-corrected chi connectivity index (χ2v) is 7.98. The lowest BCUT2D eigenvalue weighted by atomic mass is 9.89. The van der Waals surface area contributed by atoms with Gasteiger partial charge in [-0.05, 0) is 53.4 Å². The molecule has 0 fully saturated rings. The lowest BCUT2D eigenvalue weighted by molar-refractivity contribution is 0.176. The van der Waals surface area contributed by atoms with E-state index in [0.29, 0.717) is 11.5 Å². The molecular weight excluding hydrogens is 401 g/mol. The lowest BCUT2D eigenvalue weighted by Crippen LogP contribution is -2.39. The van der Waals surface area contributed by atoms with E-state index in [-0.39, 0.29) is 23.2 Å². The van der Waals surface area contributed by atoms with Crippen LogP contribution in [-0.2, 0) is 6.54 Å². The molecule has 2 aromatic carbocycles. The molecule has 0 aliphatic carbocycles. The third kappa shape index (κ3) is 3.53. The van der Waals surface area contributed by atoms with Crippen molar-refractivity contribution >= 4 is 28.5 Å². The van der Waals surface area contributed by atoms with E-state index in [1.807, 2.05) is 36.5 Å². The fourth-order valence-electron chi connectivity index (χ4n) is 4.24. The van der Waals surface area contributed by atoms with Crippen LogP contribution in [0.3, 0.4) is 0 Å². The maximum Gasteiger partial charge on any atom is 0.226 e. The van der Waals surface area contributed by atoms with Gasteiger partial charge in [-0.3, -0.25) is 4.90 Å². The quantitative estimate of drug-likeness (QED) is 0.428. The van der Waals surface area contributed by atoms with Gasteiger partial charge in [0.05, 0.1) is 11.4 Å². The Balaban J connectivity index is 1.53. The summed E-state index contributed by atoms with van der Waals surface area (Å²) in [4.78, 5) is 14.1. The Hall–Kier alpha value is -2.96. The fourth-order valence-corrected chi connectivity index (χ4v) is 4.41. The van der Waals surface area contributed by atoms with Gasteiger partial charge in [0.15, 0.2) is 0 Å². The summed E-state index contributed by atoms with van der Waals surface area (Å²) in [5.74, 6) is 0.444. The predicted octanol–water partition coefficient (Wildman–Crippen LogP) is 5.48. The Labute approximate surface area is 178 Å². The summed E-state index contributed by atoms with van der Waals surface area (Å²) in [6.45, 7) is 3.66. The van der Waals surface area contributed by atoms with E-state index >= 15 is 0 Å². The molecule has 3 heterocycles. The molecule has 1 aliphatic heterocycles. The molecule has 1 aliphatic rings. The van der Waals surface area contributed by atoms with Crippen molar-refractivity contribution in [3.63, 3.8) is 0 Å². The zero-order valence-corrected chi connectivity index (χ0v) is 17.2. The first-order valence-corrected chi connectivity index (χ1v) is 10.3. The Morgan fingerprint density at radius 1 is 1.13 bits per heavy atom. The van der Waals surface area contributed by atoms with Crippen LogP contribution >= 0.6 is 11.6 Å². The van der Waals surface area contributed by atoms with Crippen molar-refractivity contribution in [1.29, 1.82) is 0 Å². The summed E-state index contributed by atoms with van der Waals surface area (Å²) in [5, 5.41) is 4.59. The van der Waals surface area contributed by atoms with Gasteiger partial charge in [0, 0.05) is 25.3 Å². The summed E-state index contributed by atoms with van der Waals surface area (Å²) >= 11 is 6.14. The van der Waals surface area contributed by atoms with Gasteiger partial charge < -0.3 is 10.3 Å². The molecule has 0 bridgehead atoms. The molecule has 0 amide bonds. The van der Waals surface area contributed by atoms with Crippen LogP contribution in [0, 0.1) is 5.82 Å². The molecule has 5 rings (SSSR count). The molecule has 0 spiro atoms. The first-order chi connectivity index (χ1) is 14.6. The smallest absolute Gasteiger partial charge is 0.226 e. The molecule has 5 nitrogen and oxygen atoms in total. The van der Waals surface area contributed by atoms with Gasteiger partial charge in [0.1, 0.15) is 17.3 Å². The summed E-state index contributed by atoms with van der Waals surface area (Å²) < 4.78 is 14.1. The van der Waals surface area contributed by atoms with Crippen LogP contribution in [0.2, 0.25) is 5.28 Å². The SMILES string of the molecule is C[C@H]1c2cc(F)ccc2[C@@H](Nc2nc(Cl)nc3[nH]ccc23)CN1Cc1ccccc1. The number of aromatic amines is 1. The van der Waals surface area contributed by atoms with Crippen molar-refractivity contribution in [3.8, 4) is 0 Å². The number of nitrogens with one attached hydrogen (secondary N) is 2. The van der Waals surface area contributed by atoms with Crippen LogP contribution < -0.4 is 5.32 Å². The van der Waals surface area contributed by atoms with Gasteiger partial charge in [0.25, 0.3) is 0 Å². The average molecular weight is 422 g/mol.